The Bertz CT molecular complexity index is 1120. The standard InChI is InChI=1S/C22H18ClF3N2O3S2/c1-2-8-28-20(30)18(33-21(28)32)10-13-6-7-17(16(23)9-13)31-12-19(29)27-15-5-3-4-14(11-15)22(24,25)26/h3-7,9-11H,2,8,12H2,1H3,(H,27,29)/b18-10-. The van der Waals surface area contributed by atoms with E-state index in [0.29, 0.717) is 21.3 Å². The number of nitrogens with one attached hydrogen (secondary N) is 1. The predicted molar refractivity (Wildman–Crippen MR) is 127 cm³/mol. The highest BCUT2D eigenvalue weighted by molar-refractivity contribution is 8.26. The number of halogens is 4. The molecule has 2 aromatic rings. The summed E-state index contributed by atoms with van der Waals surface area (Å²) in [5, 5.41) is 2.56. The van der Waals surface area contributed by atoms with Gasteiger partial charge in [0.05, 0.1) is 15.5 Å². The van der Waals surface area contributed by atoms with Crippen molar-refractivity contribution in [1.29, 1.82) is 0 Å². The van der Waals surface area contributed by atoms with E-state index in [0.717, 1.165) is 18.6 Å². The minimum absolute atomic E-state index is 0.000238. The summed E-state index contributed by atoms with van der Waals surface area (Å²) in [4.78, 5) is 26.6. The van der Waals surface area contributed by atoms with Gasteiger partial charge in [-0.25, -0.2) is 0 Å². The van der Waals surface area contributed by atoms with Gasteiger partial charge in [0, 0.05) is 12.2 Å². The lowest BCUT2D eigenvalue weighted by Crippen LogP contribution is -2.28. The summed E-state index contributed by atoms with van der Waals surface area (Å²) in [5.41, 5.74) is -0.218. The second-order valence-electron chi connectivity index (χ2n) is 6.94. The third kappa shape index (κ3) is 6.49. The van der Waals surface area contributed by atoms with Crippen LogP contribution < -0.4 is 10.1 Å². The molecule has 0 atom stereocenters. The summed E-state index contributed by atoms with van der Waals surface area (Å²) < 4.78 is 44.3. The van der Waals surface area contributed by atoms with Gasteiger partial charge in [-0.2, -0.15) is 13.2 Å². The van der Waals surface area contributed by atoms with Gasteiger partial charge in [0.15, 0.2) is 6.61 Å². The lowest BCUT2D eigenvalue weighted by molar-refractivity contribution is -0.137. The zero-order chi connectivity index (χ0) is 24.2. The Balaban J connectivity index is 1.62. The number of carbonyl (C=O) groups excluding carboxylic acids is 2. The molecule has 0 radical (unpaired) electrons. The zero-order valence-corrected chi connectivity index (χ0v) is 19.6. The first-order valence-corrected chi connectivity index (χ1v) is 11.3. The largest absolute Gasteiger partial charge is 0.482 e. The van der Waals surface area contributed by atoms with Crippen molar-refractivity contribution in [3.8, 4) is 5.75 Å². The molecule has 0 aromatic heterocycles. The number of hydrogen-bond donors (Lipinski definition) is 1. The maximum Gasteiger partial charge on any atom is 0.416 e. The third-order valence-electron chi connectivity index (χ3n) is 4.41. The van der Waals surface area contributed by atoms with Gasteiger partial charge < -0.3 is 10.1 Å². The predicted octanol–water partition coefficient (Wildman–Crippen LogP) is 5.99. The summed E-state index contributed by atoms with van der Waals surface area (Å²) in [7, 11) is 0. The van der Waals surface area contributed by atoms with E-state index in [2.05, 4.69) is 5.32 Å². The van der Waals surface area contributed by atoms with Crippen molar-refractivity contribution in [2.75, 3.05) is 18.5 Å². The molecule has 0 saturated carbocycles. The van der Waals surface area contributed by atoms with Crippen molar-refractivity contribution in [3.05, 3.63) is 63.5 Å². The fraction of sp³-hybridized carbons (Fsp3) is 0.227. The summed E-state index contributed by atoms with van der Waals surface area (Å²) in [6.45, 7) is 2.06. The molecule has 0 bridgehead atoms. The fourth-order valence-electron chi connectivity index (χ4n) is 2.91. The van der Waals surface area contributed by atoms with Crippen molar-refractivity contribution >= 4 is 63.5 Å². The molecule has 33 heavy (non-hydrogen) atoms. The van der Waals surface area contributed by atoms with E-state index in [9.17, 15) is 22.8 Å². The molecule has 1 fully saturated rings. The lowest BCUT2D eigenvalue weighted by atomic mass is 10.2. The van der Waals surface area contributed by atoms with Crippen LogP contribution in [0.5, 0.6) is 5.75 Å². The normalized spacial score (nSPS) is 15.3. The molecule has 0 spiro atoms. The summed E-state index contributed by atoms with van der Waals surface area (Å²) in [6, 6.07) is 9.08. The van der Waals surface area contributed by atoms with Crippen LogP contribution in [0, 0.1) is 0 Å². The van der Waals surface area contributed by atoms with Crippen molar-refractivity contribution in [3.63, 3.8) is 0 Å². The molecule has 1 N–H and O–H groups in total. The van der Waals surface area contributed by atoms with Crippen LogP contribution in [-0.2, 0) is 15.8 Å². The Labute approximate surface area is 202 Å². The van der Waals surface area contributed by atoms with E-state index in [1.807, 2.05) is 6.92 Å². The molecule has 1 aliphatic rings. The average molecular weight is 515 g/mol. The molecule has 11 heteroatoms. The number of nitrogens with zero attached hydrogens (tertiary/aromatic N) is 1. The SMILES string of the molecule is CCCN1C(=O)/C(=C/c2ccc(OCC(=O)Nc3cccc(C(F)(F)F)c3)c(Cl)c2)SC1=S. The molecule has 0 aliphatic carbocycles. The van der Waals surface area contributed by atoms with E-state index < -0.39 is 24.3 Å². The smallest absolute Gasteiger partial charge is 0.416 e. The van der Waals surface area contributed by atoms with Gasteiger partial charge in [0.1, 0.15) is 10.1 Å². The van der Waals surface area contributed by atoms with Crippen LogP contribution in [0.3, 0.4) is 0 Å². The van der Waals surface area contributed by atoms with Gasteiger partial charge in [-0.15, -0.1) is 0 Å². The van der Waals surface area contributed by atoms with Gasteiger partial charge in [-0.05, 0) is 48.4 Å². The lowest BCUT2D eigenvalue weighted by Gasteiger charge is -2.12. The minimum Gasteiger partial charge on any atom is -0.482 e. The van der Waals surface area contributed by atoms with Crippen LogP contribution in [0.1, 0.15) is 24.5 Å². The highest BCUT2D eigenvalue weighted by Gasteiger charge is 2.31. The molecule has 1 saturated heterocycles. The maximum absolute atomic E-state index is 12.8. The highest BCUT2D eigenvalue weighted by atomic mass is 35.5. The Morgan fingerprint density at radius 1 is 1.27 bits per heavy atom. The number of carbonyl (C=O) groups is 2. The molecule has 174 valence electrons. The van der Waals surface area contributed by atoms with Crippen LogP contribution in [0.25, 0.3) is 6.08 Å². The minimum atomic E-state index is -4.51. The topological polar surface area (TPSA) is 58.6 Å². The molecule has 5 nitrogen and oxygen atoms in total. The van der Waals surface area contributed by atoms with Gasteiger partial charge in [-0.3, -0.25) is 14.5 Å². The van der Waals surface area contributed by atoms with Crippen molar-refractivity contribution in [1.82, 2.24) is 4.90 Å². The first kappa shape index (κ1) is 25.1. The monoisotopic (exact) mass is 514 g/mol. The molecule has 2 aromatic carbocycles. The molecule has 2 amide bonds. The van der Waals surface area contributed by atoms with E-state index in [4.69, 9.17) is 28.6 Å². The Morgan fingerprint density at radius 3 is 2.70 bits per heavy atom. The highest BCUT2D eigenvalue weighted by Crippen LogP contribution is 2.34. The van der Waals surface area contributed by atoms with Crippen molar-refractivity contribution in [2.45, 2.75) is 19.5 Å². The number of hydrogen-bond acceptors (Lipinski definition) is 5. The number of alkyl halides is 3. The number of anilines is 1. The quantitative estimate of drug-likeness (QED) is 0.363. The van der Waals surface area contributed by atoms with Crippen LogP contribution in [0.2, 0.25) is 5.02 Å². The van der Waals surface area contributed by atoms with Gasteiger partial charge >= 0.3 is 6.18 Å². The number of amides is 2. The van der Waals surface area contributed by atoms with Crippen molar-refractivity contribution in [2.24, 2.45) is 0 Å². The van der Waals surface area contributed by atoms with Crippen LogP contribution in [0.15, 0.2) is 47.4 Å². The fourth-order valence-corrected chi connectivity index (χ4v) is 4.46. The summed E-state index contributed by atoms with van der Waals surface area (Å²) >= 11 is 12.7. The van der Waals surface area contributed by atoms with Crippen LogP contribution in [-0.4, -0.2) is 34.2 Å². The van der Waals surface area contributed by atoms with E-state index in [1.54, 1.807) is 29.2 Å². The molecular formula is C22H18ClF3N2O3S2. The molecule has 3 rings (SSSR count). The number of ether oxygens (including phenoxy) is 1. The maximum atomic E-state index is 12.8. The van der Waals surface area contributed by atoms with Crippen LogP contribution >= 0.6 is 35.6 Å². The number of benzene rings is 2. The Hall–Kier alpha value is -2.56. The van der Waals surface area contributed by atoms with E-state index in [1.165, 1.54) is 23.9 Å². The Kier molecular flexibility index (Phi) is 8.04. The number of thiocarbonyl (C=S) groups is 1. The van der Waals surface area contributed by atoms with E-state index >= 15 is 0 Å². The van der Waals surface area contributed by atoms with Crippen LogP contribution in [0.4, 0.5) is 18.9 Å². The first-order chi connectivity index (χ1) is 15.6. The molecule has 0 unspecified atom stereocenters. The second kappa shape index (κ2) is 10.6. The average Bonchev–Trinajstić information content (AvgIpc) is 3.00. The van der Waals surface area contributed by atoms with Gasteiger partial charge in [-0.1, -0.05) is 54.6 Å². The Morgan fingerprint density at radius 2 is 2.03 bits per heavy atom. The summed E-state index contributed by atoms with van der Waals surface area (Å²) in [5.74, 6) is -0.588. The molecular weight excluding hydrogens is 497 g/mol. The van der Waals surface area contributed by atoms with Crippen molar-refractivity contribution < 1.29 is 27.5 Å². The summed E-state index contributed by atoms with van der Waals surface area (Å²) in [6.07, 6.45) is -2.05. The molecule has 1 aliphatic heterocycles. The first-order valence-electron chi connectivity index (χ1n) is 9.73. The molecule has 1 heterocycles. The number of rotatable bonds is 7. The van der Waals surface area contributed by atoms with Gasteiger partial charge in [0.2, 0.25) is 0 Å². The van der Waals surface area contributed by atoms with E-state index in [-0.39, 0.29) is 22.4 Å². The number of thioether (sulfide) groups is 1. The zero-order valence-electron chi connectivity index (χ0n) is 17.2. The van der Waals surface area contributed by atoms with Gasteiger partial charge in [0.25, 0.3) is 11.8 Å². The second-order valence-corrected chi connectivity index (χ2v) is 9.02. The third-order valence-corrected chi connectivity index (χ3v) is 6.08.